The van der Waals surface area contributed by atoms with E-state index in [0.29, 0.717) is 12.4 Å². The maximum Gasteiger partial charge on any atom is 0.315 e. The van der Waals surface area contributed by atoms with Crippen molar-refractivity contribution in [3.05, 3.63) is 40.8 Å². The highest BCUT2D eigenvalue weighted by atomic mass is 16.4. The Morgan fingerprint density at radius 1 is 1.10 bits per heavy atom. The van der Waals surface area contributed by atoms with Gasteiger partial charge in [0.2, 0.25) is 17.7 Å². The van der Waals surface area contributed by atoms with E-state index < -0.39 is 29.7 Å². The van der Waals surface area contributed by atoms with Crippen molar-refractivity contribution < 1.29 is 23.6 Å². The summed E-state index contributed by atoms with van der Waals surface area (Å²) in [5.74, 6) is -1.56. The van der Waals surface area contributed by atoms with E-state index >= 15 is 0 Å². The van der Waals surface area contributed by atoms with Crippen LogP contribution in [0.5, 0.6) is 0 Å². The van der Waals surface area contributed by atoms with Crippen molar-refractivity contribution in [3.63, 3.8) is 0 Å². The van der Waals surface area contributed by atoms with Crippen molar-refractivity contribution in [1.82, 2.24) is 25.7 Å². The summed E-state index contributed by atoms with van der Waals surface area (Å²) in [7, 11) is 0. The Morgan fingerprint density at radius 2 is 1.94 bits per heavy atom. The van der Waals surface area contributed by atoms with Gasteiger partial charge in [0.25, 0.3) is 11.8 Å². The van der Waals surface area contributed by atoms with Crippen LogP contribution in [0, 0.1) is 0 Å². The van der Waals surface area contributed by atoms with E-state index in [0.717, 1.165) is 29.8 Å². The van der Waals surface area contributed by atoms with Gasteiger partial charge in [0.1, 0.15) is 6.04 Å². The monoisotopic (exact) mass is 424 g/mol. The van der Waals surface area contributed by atoms with Crippen LogP contribution in [0.3, 0.4) is 0 Å². The topological polar surface area (TPSA) is 147 Å². The fraction of sp³-hybridized carbons (Fsp3) is 0.400. The van der Waals surface area contributed by atoms with Crippen LogP contribution in [-0.2, 0) is 16.1 Å². The molecule has 11 heteroatoms. The summed E-state index contributed by atoms with van der Waals surface area (Å²) in [6.45, 7) is 1.24. The van der Waals surface area contributed by atoms with E-state index in [-0.39, 0.29) is 36.0 Å². The van der Waals surface area contributed by atoms with Gasteiger partial charge in [-0.25, -0.2) is 0 Å². The zero-order chi connectivity index (χ0) is 21.5. The highest BCUT2D eigenvalue weighted by molar-refractivity contribution is 6.23. The third-order valence-corrected chi connectivity index (χ3v) is 5.75. The van der Waals surface area contributed by atoms with Gasteiger partial charge in [-0.05, 0) is 43.5 Å². The molecule has 4 amide bonds. The SMILES string of the molecule is O=C1CCC(N2C(=O)c3ccc(CNc4nnc(C5CCCN5)o4)cc3C2=O)C(=O)N1. The average Bonchev–Trinajstić information content (AvgIpc) is 3.49. The second kappa shape index (κ2) is 7.58. The van der Waals surface area contributed by atoms with Crippen LogP contribution in [0.1, 0.15) is 63.9 Å². The Labute approximate surface area is 176 Å². The number of hydrogen-bond donors (Lipinski definition) is 3. The minimum atomic E-state index is -0.979. The molecule has 2 fully saturated rings. The Hall–Kier alpha value is -3.60. The number of nitrogens with zero attached hydrogens (tertiary/aromatic N) is 3. The predicted octanol–water partition coefficient (Wildman–Crippen LogP) is 0.507. The molecule has 3 N–H and O–H groups in total. The van der Waals surface area contributed by atoms with Crippen LogP contribution in [0.25, 0.3) is 0 Å². The molecule has 2 unspecified atom stereocenters. The number of imide groups is 2. The van der Waals surface area contributed by atoms with E-state index in [9.17, 15) is 19.2 Å². The van der Waals surface area contributed by atoms with Gasteiger partial charge in [0.15, 0.2) is 0 Å². The standard InChI is InChI=1S/C20H20N6O5/c27-15-6-5-14(16(28)23-15)26-18(29)11-4-3-10(8-12(11)19(26)30)9-22-20-25-24-17(31-20)13-2-1-7-21-13/h3-4,8,13-14,21H,1-2,5-7,9H2,(H,22,25)(H,23,27,28). The molecular weight excluding hydrogens is 404 g/mol. The molecule has 1 aromatic heterocycles. The van der Waals surface area contributed by atoms with Crippen molar-refractivity contribution in [1.29, 1.82) is 0 Å². The van der Waals surface area contributed by atoms with Crippen LogP contribution < -0.4 is 16.0 Å². The third-order valence-electron chi connectivity index (χ3n) is 5.75. The molecular formula is C20H20N6O5. The zero-order valence-electron chi connectivity index (χ0n) is 16.5. The normalized spacial score (nSPS) is 23.3. The molecule has 1 aromatic carbocycles. The maximum absolute atomic E-state index is 12.9. The van der Waals surface area contributed by atoms with E-state index in [1.807, 2.05) is 0 Å². The molecule has 2 saturated heterocycles. The van der Waals surface area contributed by atoms with Crippen molar-refractivity contribution in [2.75, 3.05) is 11.9 Å². The Morgan fingerprint density at radius 3 is 2.71 bits per heavy atom. The van der Waals surface area contributed by atoms with Crippen LogP contribution >= 0.6 is 0 Å². The molecule has 3 aliphatic rings. The number of carbonyl (C=O) groups is 4. The predicted molar refractivity (Wildman–Crippen MR) is 105 cm³/mol. The average molecular weight is 424 g/mol. The quantitative estimate of drug-likeness (QED) is 0.584. The highest BCUT2D eigenvalue weighted by Crippen LogP contribution is 2.29. The maximum atomic E-state index is 12.9. The van der Waals surface area contributed by atoms with E-state index in [2.05, 4.69) is 26.1 Å². The number of carbonyl (C=O) groups excluding carboxylic acids is 4. The lowest BCUT2D eigenvalue weighted by Crippen LogP contribution is -2.54. The van der Waals surface area contributed by atoms with Crippen molar-refractivity contribution >= 4 is 29.6 Å². The van der Waals surface area contributed by atoms with Gasteiger partial charge in [-0.2, -0.15) is 0 Å². The van der Waals surface area contributed by atoms with Gasteiger partial charge in [0.05, 0.1) is 17.2 Å². The molecule has 0 spiro atoms. The fourth-order valence-corrected chi connectivity index (χ4v) is 4.15. The number of fused-ring (bicyclic) bond motifs is 1. The molecule has 11 nitrogen and oxygen atoms in total. The number of amides is 4. The Kier molecular flexibility index (Phi) is 4.74. The first-order valence-corrected chi connectivity index (χ1v) is 10.2. The molecule has 5 rings (SSSR count). The van der Waals surface area contributed by atoms with Gasteiger partial charge in [0, 0.05) is 13.0 Å². The molecule has 0 saturated carbocycles. The molecule has 2 aromatic rings. The van der Waals surface area contributed by atoms with Gasteiger partial charge < -0.3 is 15.1 Å². The first-order valence-electron chi connectivity index (χ1n) is 10.2. The fourth-order valence-electron chi connectivity index (χ4n) is 4.15. The van der Waals surface area contributed by atoms with Crippen LogP contribution in [0.4, 0.5) is 6.01 Å². The molecule has 31 heavy (non-hydrogen) atoms. The number of aromatic nitrogens is 2. The lowest BCUT2D eigenvalue weighted by Gasteiger charge is -2.27. The number of hydrogen-bond acceptors (Lipinski definition) is 9. The summed E-state index contributed by atoms with van der Waals surface area (Å²) in [5.41, 5.74) is 1.21. The second-order valence-corrected chi connectivity index (χ2v) is 7.78. The third kappa shape index (κ3) is 3.46. The van der Waals surface area contributed by atoms with Crippen LogP contribution in [0.15, 0.2) is 22.6 Å². The number of benzene rings is 1. The first-order chi connectivity index (χ1) is 15.0. The van der Waals surface area contributed by atoms with Gasteiger partial charge in [-0.3, -0.25) is 29.4 Å². The Bertz CT molecular complexity index is 1090. The first kappa shape index (κ1) is 19.4. The molecule has 0 aliphatic carbocycles. The lowest BCUT2D eigenvalue weighted by molar-refractivity contribution is -0.136. The summed E-state index contributed by atoms with van der Waals surface area (Å²) in [5, 5.41) is 16.6. The van der Waals surface area contributed by atoms with Gasteiger partial charge >= 0.3 is 6.01 Å². The van der Waals surface area contributed by atoms with Crippen molar-refractivity contribution in [2.45, 2.75) is 44.3 Å². The smallest absolute Gasteiger partial charge is 0.315 e. The molecule has 3 aliphatic heterocycles. The molecule has 4 heterocycles. The minimum absolute atomic E-state index is 0.0740. The van der Waals surface area contributed by atoms with Crippen LogP contribution in [-0.4, -0.2) is 51.3 Å². The zero-order valence-corrected chi connectivity index (χ0v) is 16.5. The van der Waals surface area contributed by atoms with E-state index in [1.165, 1.54) is 0 Å². The number of nitrogens with one attached hydrogen (secondary N) is 3. The summed E-state index contributed by atoms with van der Waals surface area (Å²) < 4.78 is 5.64. The number of anilines is 1. The molecule has 0 bridgehead atoms. The largest absolute Gasteiger partial charge is 0.406 e. The lowest BCUT2D eigenvalue weighted by atomic mass is 10.0. The highest BCUT2D eigenvalue weighted by Gasteiger charge is 2.44. The van der Waals surface area contributed by atoms with Gasteiger partial charge in [-0.15, -0.1) is 5.10 Å². The molecule has 2 atom stereocenters. The van der Waals surface area contributed by atoms with Crippen LogP contribution in [0.2, 0.25) is 0 Å². The summed E-state index contributed by atoms with van der Waals surface area (Å²) in [6, 6.07) is 4.28. The second-order valence-electron chi connectivity index (χ2n) is 7.78. The summed E-state index contributed by atoms with van der Waals surface area (Å²) in [4.78, 5) is 50.1. The van der Waals surface area contributed by atoms with E-state index in [4.69, 9.17) is 4.42 Å². The summed E-state index contributed by atoms with van der Waals surface area (Å²) in [6.07, 6.45) is 2.22. The molecule has 0 radical (unpaired) electrons. The van der Waals surface area contributed by atoms with Crippen molar-refractivity contribution in [2.24, 2.45) is 0 Å². The van der Waals surface area contributed by atoms with Gasteiger partial charge in [-0.1, -0.05) is 11.2 Å². The minimum Gasteiger partial charge on any atom is -0.406 e. The number of piperidine rings is 1. The molecule has 160 valence electrons. The number of rotatable bonds is 5. The summed E-state index contributed by atoms with van der Waals surface area (Å²) >= 11 is 0. The van der Waals surface area contributed by atoms with E-state index in [1.54, 1.807) is 18.2 Å². The van der Waals surface area contributed by atoms with Crippen molar-refractivity contribution in [3.8, 4) is 0 Å². The Balaban J connectivity index is 1.29.